The number of hydrogen-bond acceptors (Lipinski definition) is 3. The highest BCUT2D eigenvalue weighted by atomic mass is 35.5. The van der Waals surface area contributed by atoms with Crippen LogP contribution in [0.3, 0.4) is 0 Å². The third-order valence-corrected chi connectivity index (χ3v) is 5.08. The fourth-order valence-corrected chi connectivity index (χ4v) is 2.79. The van der Waals surface area contributed by atoms with Gasteiger partial charge in [0.25, 0.3) is 0 Å². The summed E-state index contributed by atoms with van der Waals surface area (Å²) in [7, 11) is 4.02. The lowest BCUT2D eigenvalue weighted by molar-refractivity contribution is -0.125. The number of carbonyl (C=O) groups excluding carboxylic acids is 1. The molecule has 0 aliphatic heterocycles. The number of carbonyl (C=O) groups is 1. The number of benzene rings is 2. The molecule has 0 fully saturated rings. The molecule has 2 aromatic rings. The van der Waals surface area contributed by atoms with Crippen molar-refractivity contribution in [3.05, 3.63) is 54.1 Å². The molecule has 27 heavy (non-hydrogen) atoms. The van der Waals surface area contributed by atoms with Crippen LogP contribution in [-0.2, 0) is 11.3 Å². The summed E-state index contributed by atoms with van der Waals surface area (Å²) in [5.74, 6) is 1.05. The molecule has 2 rings (SSSR count). The third kappa shape index (κ3) is 5.39. The average molecular weight is 389 g/mol. The van der Waals surface area contributed by atoms with E-state index < -0.39 is 5.41 Å². The first-order valence-electron chi connectivity index (χ1n) is 9.15. The molecule has 0 atom stereocenters. The molecule has 5 heteroatoms. The van der Waals surface area contributed by atoms with E-state index >= 15 is 0 Å². The molecule has 0 saturated carbocycles. The van der Waals surface area contributed by atoms with Crippen molar-refractivity contribution in [1.29, 1.82) is 0 Å². The average Bonchev–Trinajstić information content (AvgIpc) is 2.67. The quantitative estimate of drug-likeness (QED) is 0.600. The molecular weight excluding hydrogens is 360 g/mol. The van der Waals surface area contributed by atoms with Gasteiger partial charge in [0.05, 0.1) is 18.6 Å². The first kappa shape index (κ1) is 21.1. The standard InChI is InChI=1S/C22H29ClN2O2/c1-6-27-20-13-11-19(12-14-20)25(21(26)22(2,3)16-23)15-17-7-9-18(10-8-17)24(4)5/h7-14H,6,15-16H2,1-5H3. The third-order valence-electron chi connectivity index (χ3n) is 4.41. The van der Waals surface area contributed by atoms with Crippen molar-refractivity contribution in [2.24, 2.45) is 5.41 Å². The number of hydrogen-bond donors (Lipinski definition) is 0. The van der Waals surface area contributed by atoms with Crippen molar-refractivity contribution in [2.45, 2.75) is 27.3 Å². The molecule has 0 bridgehead atoms. The van der Waals surface area contributed by atoms with Crippen LogP contribution in [0.5, 0.6) is 5.75 Å². The Morgan fingerprint density at radius 3 is 2.04 bits per heavy atom. The zero-order valence-corrected chi connectivity index (χ0v) is 17.6. The molecule has 0 saturated heterocycles. The maximum atomic E-state index is 13.2. The van der Waals surface area contributed by atoms with Gasteiger partial charge in [0.15, 0.2) is 0 Å². The smallest absolute Gasteiger partial charge is 0.234 e. The summed E-state index contributed by atoms with van der Waals surface area (Å²) in [5, 5.41) is 0. The van der Waals surface area contributed by atoms with Crippen molar-refractivity contribution in [1.82, 2.24) is 0 Å². The minimum absolute atomic E-state index is 0.00153. The van der Waals surface area contributed by atoms with E-state index in [-0.39, 0.29) is 11.8 Å². The lowest BCUT2D eigenvalue weighted by Gasteiger charge is -2.31. The largest absolute Gasteiger partial charge is 0.494 e. The SMILES string of the molecule is CCOc1ccc(N(Cc2ccc(N(C)C)cc2)C(=O)C(C)(C)CCl)cc1. The number of alkyl halides is 1. The summed E-state index contributed by atoms with van der Waals surface area (Å²) in [6.07, 6.45) is 0. The predicted octanol–water partition coefficient (Wildman–Crippen LogP) is 4.95. The van der Waals surface area contributed by atoms with Gasteiger partial charge in [-0.2, -0.15) is 0 Å². The van der Waals surface area contributed by atoms with Crippen LogP contribution < -0.4 is 14.5 Å². The number of rotatable bonds is 8. The van der Waals surface area contributed by atoms with Crippen LogP contribution in [0.2, 0.25) is 0 Å². The molecule has 0 unspecified atom stereocenters. The highest BCUT2D eigenvalue weighted by Gasteiger charge is 2.32. The summed E-state index contributed by atoms with van der Waals surface area (Å²) in [6, 6.07) is 15.8. The minimum atomic E-state index is -0.649. The Bertz CT molecular complexity index is 740. The molecule has 0 heterocycles. The normalized spacial score (nSPS) is 11.2. The fourth-order valence-electron chi connectivity index (χ4n) is 2.67. The van der Waals surface area contributed by atoms with E-state index in [0.29, 0.717) is 13.2 Å². The molecule has 0 N–H and O–H groups in total. The molecule has 2 aromatic carbocycles. The van der Waals surface area contributed by atoms with Crippen LogP contribution in [0, 0.1) is 5.41 Å². The van der Waals surface area contributed by atoms with Crippen molar-refractivity contribution < 1.29 is 9.53 Å². The fraction of sp³-hybridized carbons (Fsp3) is 0.409. The molecule has 146 valence electrons. The van der Waals surface area contributed by atoms with Crippen LogP contribution in [-0.4, -0.2) is 32.5 Å². The van der Waals surface area contributed by atoms with Gasteiger partial charge in [0.1, 0.15) is 5.75 Å². The van der Waals surface area contributed by atoms with Gasteiger partial charge < -0.3 is 14.5 Å². The maximum absolute atomic E-state index is 13.2. The summed E-state index contributed by atoms with van der Waals surface area (Å²) in [6.45, 7) is 6.79. The molecule has 4 nitrogen and oxygen atoms in total. The second-order valence-corrected chi connectivity index (χ2v) is 7.66. The number of halogens is 1. The van der Waals surface area contributed by atoms with Gasteiger partial charge in [-0.05, 0) is 62.7 Å². The Kier molecular flexibility index (Phi) is 7.14. The van der Waals surface area contributed by atoms with Gasteiger partial charge >= 0.3 is 0 Å². The van der Waals surface area contributed by atoms with E-state index in [0.717, 1.165) is 22.7 Å². The summed E-state index contributed by atoms with van der Waals surface area (Å²) < 4.78 is 5.51. The molecule has 0 radical (unpaired) electrons. The minimum Gasteiger partial charge on any atom is -0.494 e. The lowest BCUT2D eigenvalue weighted by Crippen LogP contribution is -2.41. The summed E-state index contributed by atoms with van der Waals surface area (Å²) >= 11 is 6.07. The molecule has 0 spiro atoms. The van der Waals surface area contributed by atoms with Gasteiger partial charge in [0.2, 0.25) is 5.91 Å². The zero-order valence-electron chi connectivity index (χ0n) is 16.8. The second kappa shape index (κ2) is 9.14. The van der Waals surface area contributed by atoms with Gasteiger partial charge in [0, 0.05) is 31.4 Å². The van der Waals surface area contributed by atoms with E-state index in [1.54, 1.807) is 4.90 Å². The number of nitrogens with zero attached hydrogens (tertiary/aromatic N) is 2. The maximum Gasteiger partial charge on any atom is 0.234 e. The Morgan fingerprint density at radius 1 is 1.00 bits per heavy atom. The van der Waals surface area contributed by atoms with Crippen molar-refractivity contribution in [3.63, 3.8) is 0 Å². The number of amides is 1. The van der Waals surface area contributed by atoms with Crippen LogP contribution in [0.4, 0.5) is 11.4 Å². The highest BCUT2D eigenvalue weighted by Crippen LogP contribution is 2.28. The Balaban J connectivity index is 2.33. The molecular formula is C22H29ClN2O2. The van der Waals surface area contributed by atoms with Crippen LogP contribution >= 0.6 is 11.6 Å². The Hall–Kier alpha value is -2.20. The van der Waals surface area contributed by atoms with E-state index in [1.165, 1.54) is 0 Å². The molecule has 0 aromatic heterocycles. The molecule has 1 amide bonds. The van der Waals surface area contributed by atoms with E-state index in [1.807, 2.05) is 59.1 Å². The zero-order chi connectivity index (χ0) is 20.0. The topological polar surface area (TPSA) is 32.8 Å². The highest BCUT2D eigenvalue weighted by molar-refractivity contribution is 6.20. The van der Waals surface area contributed by atoms with E-state index in [4.69, 9.17) is 16.3 Å². The lowest BCUT2D eigenvalue weighted by atomic mass is 9.93. The second-order valence-electron chi connectivity index (χ2n) is 7.40. The van der Waals surface area contributed by atoms with Gasteiger partial charge in [-0.25, -0.2) is 0 Å². The van der Waals surface area contributed by atoms with E-state index in [2.05, 4.69) is 29.2 Å². The predicted molar refractivity (Wildman–Crippen MR) is 114 cm³/mol. The summed E-state index contributed by atoms with van der Waals surface area (Å²) in [4.78, 5) is 17.0. The van der Waals surface area contributed by atoms with Crippen molar-refractivity contribution in [3.8, 4) is 5.75 Å². The molecule has 0 aliphatic carbocycles. The Morgan fingerprint density at radius 2 is 1.56 bits per heavy atom. The number of ether oxygens (including phenoxy) is 1. The van der Waals surface area contributed by atoms with Crippen molar-refractivity contribution in [2.75, 3.05) is 36.4 Å². The first-order valence-corrected chi connectivity index (χ1v) is 9.69. The van der Waals surface area contributed by atoms with Gasteiger partial charge in [-0.3, -0.25) is 4.79 Å². The first-order chi connectivity index (χ1) is 12.8. The van der Waals surface area contributed by atoms with E-state index in [9.17, 15) is 4.79 Å². The van der Waals surface area contributed by atoms with Gasteiger partial charge in [-0.1, -0.05) is 12.1 Å². The Labute approximate surface area is 167 Å². The summed E-state index contributed by atoms with van der Waals surface area (Å²) in [5.41, 5.74) is 2.37. The van der Waals surface area contributed by atoms with Crippen LogP contribution in [0.15, 0.2) is 48.5 Å². The van der Waals surface area contributed by atoms with Crippen LogP contribution in [0.25, 0.3) is 0 Å². The van der Waals surface area contributed by atoms with Crippen molar-refractivity contribution >= 4 is 28.9 Å². The number of anilines is 2. The van der Waals surface area contributed by atoms with Gasteiger partial charge in [-0.15, -0.1) is 11.6 Å². The van der Waals surface area contributed by atoms with Crippen LogP contribution in [0.1, 0.15) is 26.3 Å². The monoisotopic (exact) mass is 388 g/mol. The molecule has 0 aliphatic rings.